The van der Waals surface area contributed by atoms with Gasteiger partial charge < -0.3 is 21.1 Å². The number of aromatic nitrogens is 2. The maximum atomic E-state index is 6.84. The number of thiazole rings is 1. The molecule has 32 heavy (non-hydrogen) atoms. The van der Waals surface area contributed by atoms with E-state index in [0.29, 0.717) is 11.1 Å². The standard InChI is InChI=1S/C24H36ClN5OS/c1-31-12-11-27-18-7-9-24(26,10-8-18)22-13-19(20(25)15-28-22)21-16-32-23(30-21)29-14-17-5-3-2-4-6-17/h13,15-18,27H,2-12,14,26H2,1H3,(H,29,30). The van der Waals surface area contributed by atoms with E-state index < -0.39 is 5.54 Å². The van der Waals surface area contributed by atoms with Gasteiger partial charge in [0.05, 0.1) is 28.6 Å². The van der Waals surface area contributed by atoms with Crippen molar-refractivity contribution in [3.05, 3.63) is 28.4 Å². The molecule has 2 aliphatic rings. The van der Waals surface area contributed by atoms with Crippen molar-refractivity contribution in [3.8, 4) is 11.3 Å². The van der Waals surface area contributed by atoms with Gasteiger partial charge in [-0.25, -0.2) is 4.98 Å². The van der Waals surface area contributed by atoms with Crippen LogP contribution >= 0.6 is 22.9 Å². The first-order valence-electron chi connectivity index (χ1n) is 11.9. The Bertz CT molecular complexity index is 862. The minimum Gasteiger partial charge on any atom is -0.383 e. The Morgan fingerprint density at radius 2 is 2.00 bits per heavy atom. The van der Waals surface area contributed by atoms with Gasteiger partial charge in [-0.15, -0.1) is 11.3 Å². The summed E-state index contributed by atoms with van der Waals surface area (Å²) >= 11 is 8.18. The number of pyridine rings is 1. The van der Waals surface area contributed by atoms with Crippen LogP contribution in [0.1, 0.15) is 63.5 Å². The van der Waals surface area contributed by atoms with Crippen molar-refractivity contribution in [3.63, 3.8) is 0 Å². The summed E-state index contributed by atoms with van der Waals surface area (Å²) in [7, 11) is 1.73. The molecule has 0 spiro atoms. The molecule has 0 atom stereocenters. The number of ether oxygens (including phenoxy) is 1. The van der Waals surface area contributed by atoms with Crippen LogP contribution in [0.3, 0.4) is 0 Å². The first-order chi connectivity index (χ1) is 15.6. The van der Waals surface area contributed by atoms with Crippen LogP contribution in [-0.4, -0.2) is 42.8 Å². The zero-order chi connectivity index (χ0) is 22.4. The predicted molar refractivity (Wildman–Crippen MR) is 133 cm³/mol. The number of nitrogens with one attached hydrogen (secondary N) is 2. The van der Waals surface area contributed by atoms with E-state index in [1.165, 1.54) is 32.1 Å². The van der Waals surface area contributed by atoms with Crippen molar-refractivity contribution in [1.29, 1.82) is 0 Å². The van der Waals surface area contributed by atoms with Gasteiger partial charge in [0.15, 0.2) is 5.13 Å². The maximum absolute atomic E-state index is 6.84. The Kier molecular flexibility index (Phi) is 8.40. The average Bonchev–Trinajstić information content (AvgIpc) is 3.29. The second-order valence-electron chi connectivity index (χ2n) is 9.35. The number of hydrogen-bond donors (Lipinski definition) is 3. The fraction of sp³-hybridized carbons (Fsp3) is 0.667. The van der Waals surface area contributed by atoms with Gasteiger partial charge in [-0.1, -0.05) is 30.9 Å². The smallest absolute Gasteiger partial charge is 0.183 e. The van der Waals surface area contributed by atoms with Crippen molar-refractivity contribution >= 4 is 28.1 Å². The van der Waals surface area contributed by atoms with Crippen LogP contribution in [0.5, 0.6) is 0 Å². The number of halogens is 1. The van der Waals surface area contributed by atoms with Crippen LogP contribution in [0.25, 0.3) is 11.3 Å². The highest BCUT2D eigenvalue weighted by atomic mass is 35.5. The van der Waals surface area contributed by atoms with E-state index in [9.17, 15) is 0 Å². The molecule has 0 unspecified atom stereocenters. The summed E-state index contributed by atoms with van der Waals surface area (Å²) in [5.74, 6) is 0.767. The minimum absolute atomic E-state index is 0.420. The second kappa shape index (κ2) is 11.3. The molecular formula is C24H36ClN5OS. The predicted octanol–water partition coefficient (Wildman–Crippen LogP) is 5.18. The Balaban J connectivity index is 1.40. The second-order valence-corrected chi connectivity index (χ2v) is 10.6. The van der Waals surface area contributed by atoms with Gasteiger partial charge in [-0.2, -0.15) is 0 Å². The van der Waals surface area contributed by atoms with Crippen LogP contribution in [0.15, 0.2) is 17.6 Å². The fourth-order valence-corrected chi connectivity index (χ4v) is 5.89. The Morgan fingerprint density at radius 3 is 2.75 bits per heavy atom. The molecular weight excluding hydrogens is 442 g/mol. The van der Waals surface area contributed by atoms with Gasteiger partial charge in [0.1, 0.15) is 0 Å². The van der Waals surface area contributed by atoms with E-state index in [1.54, 1.807) is 24.6 Å². The molecule has 0 amide bonds. The molecule has 2 saturated carbocycles. The van der Waals surface area contributed by atoms with Crippen LogP contribution < -0.4 is 16.4 Å². The van der Waals surface area contributed by atoms with Gasteiger partial charge in [0, 0.05) is 43.4 Å². The van der Waals surface area contributed by atoms with E-state index >= 15 is 0 Å². The van der Waals surface area contributed by atoms with Crippen LogP contribution in [0.4, 0.5) is 5.13 Å². The number of anilines is 1. The third-order valence-corrected chi connectivity index (χ3v) is 8.13. The zero-order valence-corrected chi connectivity index (χ0v) is 20.6. The number of nitrogens with two attached hydrogens (primary N) is 1. The molecule has 2 fully saturated rings. The van der Waals surface area contributed by atoms with Crippen molar-refractivity contribution in [2.45, 2.75) is 69.4 Å². The summed E-state index contributed by atoms with van der Waals surface area (Å²) in [6.45, 7) is 2.62. The molecule has 4 N–H and O–H groups in total. The van der Waals surface area contributed by atoms with Gasteiger partial charge in [-0.05, 0) is 50.5 Å². The molecule has 8 heteroatoms. The highest BCUT2D eigenvalue weighted by Crippen LogP contribution is 2.38. The third kappa shape index (κ3) is 6.00. The average molecular weight is 478 g/mol. The first-order valence-corrected chi connectivity index (χ1v) is 13.2. The summed E-state index contributed by atoms with van der Waals surface area (Å²) < 4.78 is 5.14. The number of rotatable bonds is 9. The van der Waals surface area contributed by atoms with Crippen LogP contribution in [-0.2, 0) is 10.3 Å². The lowest BCUT2D eigenvalue weighted by atomic mass is 9.77. The lowest BCUT2D eigenvalue weighted by Gasteiger charge is -2.37. The van der Waals surface area contributed by atoms with Crippen molar-refractivity contribution in [2.75, 3.05) is 32.1 Å². The summed E-state index contributed by atoms with van der Waals surface area (Å²) in [4.78, 5) is 9.45. The Morgan fingerprint density at radius 1 is 1.22 bits per heavy atom. The fourth-order valence-electron chi connectivity index (χ4n) is 4.97. The maximum Gasteiger partial charge on any atom is 0.183 e. The van der Waals surface area contributed by atoms with Crippen LogP contribution in [0.2, 0.25) is 5.02 Å². The van der Waals surface area contributed by atoms with E-state index in [-0.39, 0.29) is 0 Å². The molecule has 0 aromatic carbocycles. The number of methoxy groups -OCH3 is 1. The Labute approximate surface area is 200 Å². The van der Waals surface area contributed by atoms with Gasteiger partial charge in [0.25, 0.3) is 0 Å². The highest BCUT2D eigenvalue weighted by Gasteiger charge is 2.35. The summed E-state index contributed by atoms with van der Waals surface area (Å²) in [5, 5.41) is 10.8. The van der Waals surface area contributed by atoms with Crippen LogP contribution in [0, 0.1) is 5.92 Å². The van der Waals surface area contributed by atoms with E-state index in [0.717, 1.165) is 73.4 Å². The van der Waals surface area contributed by atoms with Gasteiger partial charge in [0.2, 0.25) is 0 Å². The molecule has 2 aromatic rings. The number of hydrogen-bond acceptors (Lipinski definition) is 7. The molecule has 2 heterocycles. The molecule has 0 radical (unpaired) electrons. The lowest BCUT2D eigenvalue weighted by molar-refractivity contribution is 0.184. The summed E-state index contributed by atoms with van der Waals surface area (Å²) in [6.07, 6.45) is 12.3. The number of nitrogens with zero attached hydrogens (tertiary/aromatic N) is 2. The molecule has 176 valence electrons. The van der Waals surface area contributed by atoms with E-state index in [2.05, 4.69) is 27.1 Å². The largest absolute Gasteiger partial charge is 0.383 e. The topological polar surface area (TPSA) is 85.1 Å². The molecule has 2 aromatic heterocycles. The lowest BCUT2D eigenvalue weighted by Crippen LogP contribution is -2.46. The zero-order valence-electron chi connectivity index (χ0n) is 19.0. The van der Waals surface area contributed by atoms with E-state index in [4.69, 9.17) is 27.1 Å². The van der Waals surface area contributed by atoms with Gasteiger partial charge >= 0.3 is 0 Å². The monoisotopic (exact) mass is 477 g/mol. The highest BCUT2D eigenvalue weighted by molar-refractivity contribution is 7.14. The third-order valence-electron chi connectivity index (χ3n) is 7.03. The molecule has 0 bridgehead atoms. The van der Waals surface area contributed by atoms with Crippen molar-refractivity contribution in [1.82, 2.24) is 15.3 Å². The molecule has 0 saturated heterocycles. The molecule has 0 aliphatic heterocycles. The Hall–Kier alpha value is -1.25. The summed E-state index contributed by atoms with van der Waals surface area (Å²) in [6, 6.07) is 2.55. The normalized spacial score (nSPS) is 24.5. The molecule has 6 nitrogen and oxygen atoms in total. The first kappa shape index (κ1) is 23.9. The molecule has 2 aliphatic carbocycles. The van der Waals surface area contributed by atoms with E-state index in [1.807, 2.05) is 0 Å². The van der Waals surface area contributed by atoms with Crippen molar-refractivity contribution in [2.24, 2.45) is 11.7 Å². The van der Waals surface area contributed by atoms with Crippen molar-refractivity contribution < 1.29 is 4.74 Å². The summed E-state index contributed by atoms with van der Waals surface area (Å²) in [5.41, 5.74) is 9.15. The SMILES string of the molecule is COCCNC1CCC(N)(c2cc(-c3csc(NCC4CCCCC4)n3)c(Cl)cn2)CC1. The quantitative estimate of drug-likeness (QED) is 0.431. The minimum atomic E-state index is -0.420. The van der Waals surface area contributed by atoms with Gasteiger partial charge in [-0.3, -0.25) is 4.98 Å². The molecule has 4 rings (SSSR count).